The number of nitrogens with two attached hydrogens (primary N) is 1. The minimum atomic E-state index is 0.214. The number of aromatic nitrogens is 1. The summed E-state index contributed by atoms with van der Waals surface area (Å²) in [5, 5.41) is 1.32. The Morgan fingerprint density at radius 2 is 2.10 bits per heavy atom. The highest BCUT2D eigenvalue weighted by atomic mass is 16.5. The van der Waals surface area contributed by atoms with Crippen molar-refractivity contribution < 1.29 is 4.74 Å². The zero-order chi connectivity index (χ0) is 13.9. The van der Waals surface area contributed by atoms with Gasteiger partial charge in [0.15, 0.2) is 0 Å². The van der Waals surface area contributed by atoms with E-state index in [1.807, 2.05) is 0 Å². The Morgan fingerprint density at radius 3 is 2.85 bits per heavy atom. The highest BCUT2D eigenvalue weighted by Gasteiger charge is 2.15. The second-order valence-corrected chi connectivity index (χ2v) is 6.10. The monoisotopic (exact) mass is 272 g/mol. The van der Waals surface area contributed by atoms with Crippen LogP contribution in [0.4, 0.5) is 0 Å². The van der Waals surface area contributed by atoms with Crippen molar-refractivity contribution in [3.63, 3.8) is 0 Å². The molecular weight excluding hydrogens is 248 g/mol. The van der Waals surface area contributed by atoms with Crippen molar-refractivity contribution in [3.8, 4) is 0 Å². The highest BCUT2D eigenvalue weighted by Crippen LogP contribution is 2.23. The first-order valence-electron chi connectivity index (χ1n) is 7.63. The Morgan fingerprint density at radius 1 is 1.30 bits per heavy atom. The molecule has 3 heteroatoms. The lowest BCUT2D eigenvalue weighted by Crippen LogP contribution is -2.20. The lowest BCUT2D eigenvalue weighted by atomic mass is 10.0. The van der Waals surface area contributed by atoms with Gasteiger partial charge in [0, 0.05) is 37.5 Å². The van der Waals surface area contributed by atoms with Crippen LogP contribution >= 0.6 is 0 Å². The van der Waals surface area contributed by atoms with Crippen LogP contribution in [0.15, 0.2) is 30.5 Å². The van der Waals surface area contributed by atoms with Gasteiger partial charge in [-0.05, 0) is 55.2 Å². The molecule has 20 heavy (non-hydrogen) atoms. The number of fused-ring (bicyclic) bond motifs is 1. The molecule has 2 N–H and O–H groups in total. The smallest absolute Gasteiger partial charge is 0.0483 e. The van der Waals surface area contributed by atoms with Gasteiger partial charge in [0.2, 0.25) is 0 Å². The first-order chi connectivity index (χ1) is 9.72. The van der Waals surface area contributed by atoms with E-state index in [2.05, 4.69) is 42.0 Å². The molecule has 1 atom stereocenters. The molecule has 0 aliphatic carbocycles. The summed E-state index contributed by atoms with van der Waals surface area (Å²) in [6.07, 6.45) is 5.52. The van der Waals surface area contributed by atoms with Crippen molar-refractivity contribution >= 4 is 10.9 Å². The first-order valence-corrected chi connectivity index (χ1v) is 7.63. The molecule has 1 aliphatic heterocycles. The molecule has 108 valence electrons. The normalized spacial score (nSPS) is 18.5. The number of hydrogen-bond acceptors (Lipinski definition) is 2. The molecule has 1 aliphatic rings. The van der Waals surface area contributed by atoms with E-state index in [1.165, 1.54) is 29.3 Å². The van der Waals surface area contributed by atoms with Gasteiger partial charge >= 0.3 is 0 Å². The molecule has 1 aromatic heterocycles. The van der Waals surface area contributed by atoms with Crippen LogP contribution < -0.4 is 5.73 Å². The molecule has 0 amide bonds. The summed E-state index contributed by atoms with van der Waals surface area (Å²) in [7, 11) is 0. The van der Waals surface area contributed by atoms with Crippen molar-refractivity contribution in [1.29, 1.82) is 0 Å². The number of rotatable bonds is 4. The SMILES string of the molecule is CC(N)Cc1ccc2ccn(CC3CCOCC3)c2c1. The second-order valence-electron chi connectivity index (χ2n) is 6.10. The first kappa shape index (κ1) is 13.7. The summed E-state index contributed by atoms with van der Waals surface area (Å²) in [6, 6.07) is 9.15. The van der Waals surface area contributed by atoms with Crippen molar-refractivity contribution in [2.24, 2.45) is 11.7 Å². The molecule has 1 aromatic carbocycles. The van der Waals surface area contributed by atoms with Gasteiger partial charge in [-0.3, -0.25) is 0 Å². The summed E-state index contributed by atoms with van der Waals surface area (Å²) < 4.78 is 7.84. The van der Waals surface area contributed by atoms with E-state index < -0.39 is 0 Å². The maximum absolute atomic E-state index is 5.91. The van der Waals surface area contributed by atoms with Gasteiger partial charge in [0.05, 0.1) is 0 Å². The van der Waals surface area contributed by atoms with E-state index in [0.29, 0.717) is 0 Å². The van der Waals surface area contributed by atoms with Gasteiger partial charge < -0.3 is 15.0 Å². The summed E-state index contributed by atoms with van der Waals surface area (Å²) in [5.41, 5.74) is 8.59. The molecule has 0 saturated carbocycles. The van der Waals surface area contributed by atoms with E-state index in [-0.39, 0.29) is 6.04 Å². The Labute approximate surface area is 120 Å². The summed E-state index contributed by atoms with van der Waals surface area (Å²) in [5.74, 6) is 0.747. The van der Waals surface area contributed by atoms with Gasteiger partial charge in [0.1, 0.15) is 0 Å². The predicted octanol–water partition coefficient (Wildman–Crippen LogP) is 2.96. The Bertz CT molecular complexity index is 567. The third kappa shape index (κ3) is 3.05. The molecule has 0 bridgehead atoms. The fourth-order valence-corrected chi connectivity index (χ4v) is 3.09. The summed E-state index contributed by atoms with van der Waals surface area (Å²) in [6.45, 7) is 5.00. The predicted molar refractivity (Wildman–Crippen MR) is 82.8 cm³/mol. The maximum atomic E-state index is 5.91. The molecular formula is C17H24N2O. The molecule has 0 radical (unpaired) electrons. The molecule has 3 rings (SSSR count). The average Bonchev–Trinajstić information content (AvgIpc) is 2.82. The van der Waals surface area contributed by atoms with E-state index in [1.54, 1.807) is 0 Å². The minimum absolute atomic E-state index is 0.214. The van der Waals surface area contributed by atoms with Crippen LogP contribution in [0.25, 0.3) is 10.9 Å². The van der Waals surface area contributed by atoms with Crippen LogP contribution in [0.1, 0.15) is 25.3 Å². The molecule has 2 aromatic rings. The molecule has 1 saturated heterocycles. The number of benzene rings is 1. The quantitative estimate of drug-likeness (QED) is 0.929. The van der Waals surface area contributed by atoms with Crippen LogP contribution in [0, 0.1) is 5.92 Å². The zero-order valence-electron chi connectivity index (χ0n) is 12.2. The fourth-order valence-electron chi connectivity index (χ4n) is 3.09. The lowest BCUT2D eigenvalue weighted by molar-refractivity contribution is 0.0616. The van der Waals surface area contributed by atoms with Gasteiger partial charge in [-0.25, -0.2) is 0 Å². The average molecular weight is 272 g/mol. The standard InChI is InChI=1S/C17H24N2O/c1-13(18)10-15-2-3-16-4-7-19(17(16)11-15)12-14-5-8-20-9-6-14/h2-4,7,11,13-14H,5-6,8-10,12,18H2,1H3. The number of nitrogens with zero attached hydrogens (tertiary/aromatic N) is 1. The minimum Gasteiger partial charge on any atom is -0.381 e. The molecule has 1 fully saturated rings. The van der Waals surface area contributed by atoms with E-state index in [0.717, 1.165) is 32.1 Å². The van der Waals surface area contributed by atoms with Crippen molar-refractivity contribution in [3.05, 3.63) is 36.0 Å². The van der Waals surface area contributed by atoms with E-state index in [4.69, 9.17) is 10.5 Å². The second kappa shape index (κ2) is 5.98. The summed E-state index contributed by atoms with van der Waals surface area (Å²) >= 11 is 0. The third-order valence-electron chi connectivity index (χ3n) is 4.19. The fraction of sp³-hybridized carbons (Fsp3) is 0.529. The van der Waals surface area contributed by atoms with Crippen molar-refractivity contribution in [1.82, 2.24) is 4.57 Å². The zero-order valence-corrected chi connectivity index (χ0v) is 12.2. The van der Waals surface area contributed by atoms with Crippen LogP contribution in [-0.2, 0) is 17.7 Å². The number of hydrogen-bond donors (Lipinski definition) is 1. The topological polar surface area (TPSA) is 40.2 Å². The van der Waals surface area contributed by atoms with Gasteiger partial charge in [-0.1, -0.05) is 12.1 Å². The lowest BCUT2D eigenvalue weighted by Gasteiger charge is -2.23. The number of ether oxygens (including phenoxy) is 1. The van der Waals surface area contributed by atoms with Gasteiger partial charge in [0.25, 0.3) is 0 Å². The third-order valence-corrected chi connectivity index (χ3v) is 4.19. The van der Waals surface area contributed by atoms with E-state index in [9.17, 15) is 0 Å². The summed E-state index contributed by atoms with van der Waals surface area (Å²) in [4.78, 5) is 0. The largest absolute Gasteiger partial charge is 0.381 e. The Kier molecular flexibility index (Phi) is 4.08. The Hall–Kier alpha value is -1.32. The highest BCUT2D eigenvalue weighted by molar-refractivity contribution is 5.80. The molecule has 3 nitrogen and oxygen atoms in total. The Balaban J connectivity index is 1.82. The molecule has 0 spiro atoms. The molecule has 1 unspecified atom stereocenters. The van der Waals surface area contributed by atoms with Gasteiger partial charge in [-0.2, -0.15) is 0 Å². The van der Waals surface area contributed by atoms with Gasteiger partial charge in [-0.15, -0.1) is 0 Å². The maximum Gasteiger partial charge on any atom is 0.0483 e. The van der Waals surface area contributed by atoms with E-state index >= 15 is 0 Å². The van der Waals surface area contributed by atoms with Crippen molar-refractivity contribution in [2.45, 2.75) is 38.8 Å². The van der Waals surface area contributed by atoms with Crippen LogP contribution in [0.2, 0.25) is 0 Å². The molecule has 2 heterocycles. The van der Waals surface area contributed by atoms with Crippen molar-refractivity contribution in [2.75, 3.05) is 13.2 Å². The van der Waals surface area contributed by atoms with Crippen LogP contribution in [0.3, 0.4) is 0 Å². The van der Waals surface area contributed by atoms with Crippen LogP contribution in [0.5, 0.6) is 0 Å². The van der Waals surface area contributed by atoms with Crippen LogP contribution in [-0.4, -0.2) is 23.8 Å².